The number of halogens is 1. The van der Waals surface area contributed by atoms with Crippen LogP contribution in [0.5, 0.6) is 5.75 Å². The van der Waals surface area contributed by atoms with Gasteiger partial charge in [0.1, 0.15) is 5.75 Å². The van der Waals surface area contributed by atoms with Crippen LogP contribution in [-0.2, 0) is 0 Å². The van der Waals surface area contributed by atoms with E-state index >= 15 is 0 Å². The predicted molar refractivity (Wildman–Crippen MR) is 80.0 cm³/mol. The van der Waals surface area contributed by atoms with Crippen LogP contribution in [0.3, 0.4) is 0 Å². The molecule has 4 heteroatoms. The van der Waals surface area contributed by atoms with Crippen LogP contribution < -0.4 is 10.1 Å². The molecule has 3 nitrogen and oxygen atoms in total. The molecule has 2 atom stereocenters. The smallest absolute Gasteiger partial charge is 0.137 e. The summed E-state index contributed by atoms with van der Waals surface area (Å²) in [7, 11) is 0. The second kappa shape index (κ2) is 8.41. The Bertz CT molecular complexity index is 382. The van der Waals surface area contributed by atoms with Crippen LogP contribution in [0.2, 0.25) is 5.02 Å². The van der Waals surface area contributed by atoms with Crippen molar-refractivity contribution in [3.63, 3.8) is 0 Å². The maximum atomic E-state index is 9.18. The molecule has 0 saturated heterocycles. The molecular weight excluding hydrogens is 262 g/mol. The third-order valence-electron chi connectivity index (χ3n) is 2.95. The number of rotatable bonds is 8. The first kappa shape index (κ1) is 16.3. The molecule has 0 aliphatic carbocycles. The van der Waals surface area contributed by atoms with Crippen LogP contribution >= 0.6 is 11.6 Å². The zero-order valence-corrected chi connectivity index (χ0v) is 12.7. The first-order valence-corrected chi connectivity index (χ1v) is 7.26. The van der Waals surface area contributed by atoms with E-state index in [0.29, 0.717) is 23.8 Å². The summed E-state index contributed by atoms with van der Waals surface area (Å²) in [5.41, 5.74) is 1.15. The van der Waals surface area contributed by atoms with Crippen molar-refractivity contribution < 1.29 is 9.84 Å². The summed E-state index contributed by atoms with van der Waals surface area (Å²) >= 11 is 6.21. The van der Waals surface area contributed by atoms with E-state index in [1.807, 2.05) is 18.2 Å². The Balaban J connectivity index is 2.58. The second-order valence-corrected chi connectivity index (χ2v) is 5.26. The van der Waals surface area contributed by atoms with Gasteiger partial charge in [0.15, 0.2) is 0 Å². The van der Waals surface area contributed by atoms with Crippen LogP contribution in [-0.4, -0.2) is 24.4 Å². The van der Waals surface area contributed by atoms with Crippen molar-refractivity contribution in [3.8, 4) is 5.75 Å². The molecule has 1 rings (SSSR count). The lowest BCUT2D eigenvalue weighted by Gasteiger charge is -2.15. The number of aliphatic hydroxyl groups is 1. The van der Waals surface area contributed by atoms with Gasteiger partial charge >= 0.3 is 0 Å². The van der Waals surface area contributed by atoms with Crippen molar-refractivity contribution in [3.05, 3.63) is 28.8 Å². The van der Waals surface area contributed by atoms with Gasteiger partial charge in [-0.05, 0) is 44.5 Å². The molecule has 0 spiro atoms. The highest BCUT2D eigenvalue weighted by molar-refractivity contribution is 6.32. The monoisotopic (exact) mass is 285 g/mol. The predicted octanol–water partition coefficient (Wildman–Crippen LogP) is 3.55. The number of hydrogen-bond donors (Lipinski definition) is 2. The molecule has 0 saturated carbocycles. The minimum absolute atomic E-state index is 0.281. The Labute approximate surface area is 120 Å². The Kier molecular flexibility index (Phi) is 7.21. The summed E-state index contributed by atoms with van der Waals surface area (Å²) in [6.07, 6.45) is 1.36. The molecule has 1 aromatic rings. The van der Waals surface area contributed by atoms with E-state index < -0.39 is 0 Å². The van der Waals surface area contributed by atoms with Crippen LogP contribution in [0.15, 0.2) is 18.2 Å². The van der Waals surface area contributed by atoms with Gasteiger partial charge in [0.25, 0.3) is 0 Å². The summed E-state index contributed by atoms with van der Waals surface area (Å²) in [6.45, 7) is 7.47. The minimum Gasteiger partial charge on any atom is -0.492 e. The molecule has 1 aromatic carbocycles. The van der Waals surface area contributed by atoms with Gasteiger partial charge in [-0.1, -0.05) is 24.6 Å². The van der Waals surface area contributed by atoms with Gasteiger partial charge in [0.05, 0.1) is 17.7 Å². The fourth-order valence-corrected chi connectivity index (χ4v) is 1.97. The van der Waals surface area contributed by atoms with Crippen molar-refractivity contribution in [1.29, 1.82) is 0 Å². The first-order chi connectivity index (χ1) is 9.04. The molecule has 0 radical (unpaired) electrons. The third kappa shape index (κ3) is 5.81. The maximum absolute atomic E-state index is 9.18. The molecule has 2 unspecified atom stereocenters. The van der Waals surface area contributed by atoms with E-state index in [9.17, 15) is 5.11 Å². The van der Waals surface area contributed by atoms with Gasteiger partial charge in [-0.3, -0.25) is 0 Å². The van der Waals surface area contributed by atoms with Gasteiger partial charge in [0.2, 0.25) is 0 Å². The van der Waals surface area contributed by atoms with Crippen LogP contribution in [0.4, 0.5) is 0 Å². The second-order valence-electron chi connectivity index (χ2n) is 4.85. The zero-order chi connectivity index (χ0) is 14.3. The maximum Gasteiger partial charge on any atom is 0.137 e. The highest BCUT2D eigenvalue weighted by Crippen LogP contribution is 2.28. The van der Waals surface area contributed by atoms with E-state index in [4.69, 9.17) is 16.3 Å². The van der Waals surface area contributed by atoms with Gasteiger partial charge in [-0.2, -0.15) is 0 Å². The molecule has 0 fully saturated rings. The molecule has 0 aromatic heterocycles. The number of benzene rings is 1. The normalized spacial score (nSPS) is 14.2. The van der Waals surface area contributed by atoms with E-state index in [-0.39, 0.29) is 12.1 Å². The van der Waals surface area contributed by atoms with Crippen LogP contribution in [0.1, 0.15) is 45.2 Å². The van der Waals surface area contributed by atoms with Crippen molar-refractivity contribution in [2.75, 3.05) is 13.2 Å². The summed E-state index contributed by atoms with van der Waals surface area (Å²) in [5, 5.41) is 13.2. The van der Waals surface area contributed by atoms with Gasteiger partial charge in [-0.25, -0.2) is 0 Å². The fraction of sp³-hybridized carbons (Fsp3) is 0.600. The van der Waals surface area contributed by atoms with E-state index in [1.54, 1.807) is 6.92 Å². The summed E-state index contributed by atoms with van der Waals surface area (Å²) < 4.78 is 5.55. The third-order valence-corrected chi connectivity index (χ3v) is 3.25. The zero-order valence-electron chi connectivity index (χ0n) is 11.9. The number of aliphatic hydroxyl groups excluding tert-OH is 1. The quantitative estimate of drug-likeness (QED) is 0.767. The SMILES string of the molecule is CCCNC(C)c1ccc(OCCC(C)O)c(Cl)c1. The molecule has 19 heavy (non-hydrogen) atoms. The highest BCUT2D eigenvalue weighted by atomic mass is 35.5. The van der Waals surface area contributed by atoms with E-state index in [1.165, 1.54) is 0 Å². The lowest BCUT2D eigenvalue weighted by Crippen LogP contribution is -2.19. The Morgan fingerprint density at radius 1 is 1.37 bits per heavy atom. The van der Waals surface area contributed by atoms with E-state index in [2.05, 4.69) is 19.2 Å². The van der Waals surface area contributed by atoms with Crippen LogP contribution in [0, 0.1) is 0 Å². The average molecular weight is 286 g/mol. The molecule has 2 N–H and O–H groups in total. The Morgan fingerprint density at radius 3 is 2.68 bits per heavy atom. The molecule has 0 aliphatic heterocycles. The molecule has 0 bridgehead atoms. The molecule has 0 aliphatic rings. The van der Waals surface area contributed by atoms with Crippen molar-refractivity contribution in [2.24, 2.45) is 0 Å². The Morgan fingerprint density at radius 2 is 2.11 bits per heavy atom. The number of ether oxygens (including phenoxy) is 1. The largest absolute Gasteiger partial charge is 0.492 e. The van der Waals surface area contributed by atoms with Gasteiger partial charge in [-0.15, -0.1) is 0 Å². The average Bonchev–Trinajstić information content (AvgIpc) is 2.37. The molecular formula is C15H24ClNO2. The van der Waals surface area contributed by atoms with Crippen LogP contribution in [0.25, 0.3) is 0 Å². The topological polar surface area (TPSA) is 41.5 Å². The standard InChI is InChI=1S/C15H24ClNO2/c1-4-8-17-12(3)13-5-6-15(14(16)10-13)19-9-7-11(2)18/h5-6,10-12,17-18H,4,7-9H2,1-3H3. The molecule has 108 valence electrons. The van der Waals surface area contributed by atoms with E-state index in [0.717, 1.165) is 18.5 Å². The minimum atomic E-state index is -0.351. The Hall–Kier alpha value is -0.770. The van der Waals surface area contributed by atoms with Gasteiger partial charge < -0.3 is 15.2 Å². The lowest BCUT2D eigenvalue weighted by atomic mass is 10.1. The molecule has 0 heterocycles. The number of hydrogen-bond acceptors (Lipinski definition) is 3. The van der Waals surface area contributed by atoms with Gasteiger partial charge in [0, 0.05) is 12.5 Å². The lowest BCUT2D eigenvalue weighted by molar-refractivity contribution is 0.155. The van der Waals surface area contributed by atoms with Crippen molar-refractivity contribution in [2.45, 2.75) is 45.8 Å². The van der Waals surface area contributed by atoms with Crippen molar-refractivity contribution in [1.82, 2.24) is 5.32 Å². The number of nitrogens with one attached hydrogen (secondary N) is 1. The summed E-state index contributed by atoms with van der Waals surface area (Å²) in [4.78, 5) is 0. The fourth-order valence-electron chi connectivity index (χ4n) is 1.72. The first-order valence-electron chi connectivity index (χ1n) is 6.88. The van der Waals surface area contributed by atoms with Crippen molar-refractivity contribution >= 4 is 11.6 Å². The highest BCUT2D eigenvalue weighted by Gasteiger charge is 2.08. The summed E-state index contributed by atoms with van der Waals surface area (Å²) in [6, 6.07) is 6.14. The molecule has 0 amide bonds. The summed E-state index contributed by atoms with van der Waals surface area (Å²) in [5.74, 6) is 0.675.